The minimum absolute atomic E-state index is 0.215. The second-order valence-corrected chi connectivity index (χ2v) is 7.58. The van der Waals surface area contributed by atoms with Crippen molar-refractivity contribution < 1.29 is 9.53 Å². The second-order valence-electron chi connectivity index (χ2n) is 6.80. The second kappa shape index (κ2) is 6.79. The number of nitrogens with one attached hydrogen (secondary N) is 2. The number of carbonyl (C=O) groups is 1. The quantitative estimate of drug-likeness (QED) is 0.888. The van der Waals surface area contributed by atoms with Crippen molar-refractivity contribution in [3.63, 3.8) is 0 Å². The van der Waals surface area contributed by atoms with Crippen molar-refractivity contribution in [3.05, 3.63) is 22.4 Å². The van der Waals surface area contributed by atoms with Gasteiger partial charge >= 0.3 is 6.09 Å². The molecule has 0 radical (unpaired) electrons. The van der Waals surface area contributed by atoms with Gasteiger partial charge in [-0.2, -0.15) is 11.3 Å². The molecule has 4 nitrogen and oxygen atoms in total. The lowest BCUT2D eigenvalue weighted by Crippen LogP contribution is -2.39. The van der Waals surface area contributed by atoms with Crippen LogP contribution < -0.4 is 10.6 Å². The molecule has 3 unspecified atom stereocenters. The summed E-state index contributed by atoms with van der Waals surface area (Å²) in [5.74, 6) is 0. The fraction of sp³-hybridized carbons (Fsp3) is 0.688. The van der Waals surface area contributed by atoms with Crippen LogP contribution in [0.4, 0.5) is 4.79 Å². The predicted octanol–water partition coefficient (Wildman–Crippen LogP) is 3.84. The Morgan fingerprint density at radius 1 is 1.38 bits per heavy atom. The third-order valence-electron chi connectivity index (χ3n) is 3.68. The number of hydrogen-bond donors (Lipinski definition) is 2. The zero-order valence-corrected chi connectivity index (χ0v) is 14.1. The molecule has 1 aromatic rings. The van der Waals surface area contributed by atoms with Crippen LogP contribution in [0, 0.1) is 0 Å². The Morgan fingerprint density at radius 3 is 2.71 bits per heavy atom. The van der Waals surface area contributed by atoms with Crippen LogP contribution in [0.5, 0.6) is 0 Å². The molecule has 21 heavy (non-hydrogen) atoms. The zero-order valence-electron chi connectivity index (χ0n) is 13.3. The average molecular weight is 310 g/mol. The van der Waals surface area contributed by atoms with E-state index in [9.17, 15) is 4.79 Å². The monoisotopic (exact) mass is 310 g/mol. The first kappa shape index (κ1) is 16.3. The molecule has 0 aromatic carbocycles. The maximum Gasteiger partial charge on any atom is 0.407 e. The van der Waals surface area contributed by atoms with E-state index in [2.05, 4.69) is 34.4 Å². The summed E-state index contributed by atoms with van der Waals surface area (Å²) in [7, 11) is 0. The molecule has 1 aromatic heterocycles. The van der Waals surface area contributed by atoms with Gasteiger partial charge in [-0.15, -0.1) is 0 Å². The molecular weight excluding hydrogens is 284 g/mol. The van der Waals surface area contributed by atoms with E-state index in [1.54, 1.807) is 11.3 Å². The SMILES string of the molecule is CC(NC1CCC(NC(=O)OC(C)(C)C)C1)c1ccsc1. The largest absolute Gasteiger partial charge is 0.444 e. The molecule has 3 atom stereocenters. The standard InChI is InChI=1S/C16H26N2O2S/c1-11(12-7-8-21-10-12)17-13-5-6-14(9-13)18-15(19)20-16(2,3)4/h7-8,10-11,13-14,17H,5-6,9H2,1-4H3,(H,18,19). The number of alkyl carbamates (subject to hydrolysis) is 1. The Bertz CT molecular complexity index is 453. The van der Waals surface area contributed by atoms with Crippen LogP contribution >= 0.6 is 11.3 Å². The Morgan fingerprint density at radius 2 is 2.10 bits per heavy atom. The highest BCUT2D eigenvalue weighted by atomic mass is 32.1. The van der Waals surface area contributed by atoms with Gasteiger partial charge in [-0.1, -0.05) is 0 Å². The number of amides is 1. The first-order valence-electron chi connectivity index (χ1n) is 7.61. The van der Waals surface area contributed by atoms with Gasteiger partial charge in [0.2, 0.25) is 0 Å². The normalized spacial score (nSPS) is 23.8. The number of hydrogen-bond acceptors (Lipinski definition) is 4. The first-order valence-corrected chi connectivity index (χ1v) is 8.55. The van der Waals surface area contributed by atoms with E-state index in [1.807, 2.05) is 20.8 Å². The van der Waals surface area contributed by atoms with Gasteiger partial charge in [-0.25, -0.2) is 4.79 Å². The topological polar surface area (TPSA) is 50.4 Å². The third kappa shape index (κ3) is 5.32. The van der Waals surface area contributed by atoms with Gasteiger partial charge < -0.3 is 15.4 Å². The van der Waals surface area contributed by atoms with E-state index in [0.717, 1.165) is 19.3 Å². The first-order chi connectivity index (χ1) is 9.83. The number of rotatable bonds is 4. The van der Waals surface area contributed by atoms with Crippen LogP contribution in [0.1, 0.15) is 58.6 Å². The molecule has 0 aliphatic heterocycles. The van der Waals surface area contributed by atoms with Crippen LogP contribution in [0.15, 0.2) is 16.8 Å². The Balaban J connectivity index is 1.75. The van der Waals surface area contributed by atoms with Crippen molar-refractivity contribution in [1.29, 1.82) is 0 Å². The number of ether oxygens (including phenoxy) is 1. The van der Waals surface area contributed by atoms with Gasteiger partial charge in [-0.3, -0.25) is 0 Å². The molecule has 1 amide bonds. The summed E-state index contributed by atoms with van der Waals surface area (Å²) in [5.41, 5.74) is 0.900. The van der Waals surface area contributed by atoms with Crippen LogP contribution in [0.2, 0.25) is 0 Å². The van der Waals surface area contributed by atoms with Crippen molar-refractivity contribution in [2.45, 2.75) is 70.7 Å². The minimum Gasteiger partial charge on any atom is -0.444 e. The molecule has 1 fully saturated rings. The maximum atomic E-state index is 11.8. The van der Waals surface area contributed by atoms with Crippen molar-refractivity contribution in [3.8, 4) is 0 Å². The minimum atomic E-state index is -0.437. The average Bonchev–Trinajstić information content (AvgIpc) is 2.97. The number of carbonyl (C=O) groups excluding carboxylic acids is 1. The highest BCUT2D eigenvalue weighted by molar-refractivity contribution is 7.07. The van der Waals surface area contributed by atoms with Crippen molar-refractivity contribution in [2.24, 2.45) is 0 Å². The molecule has 1 aliphatic carbocycles. The molecule has 118 valence electrons. The summed E-state index contributed by atoms with van der Waals surface area (Å²) in [4.78, 5) is 11.8. The van der Waals surface area contributed by atoms with Gasteiger partial charge in [0.15, 0.2) is 0 Å². The molecule has 0 saturated heterocycles. The van der Waals surface area contributed by atoms with E-state index in [1.165, 1.54) is 5.56 Å². The van der Waals surface area contributed by atoms with Crippen LogP contribution in [0.3, 0.4) is 0 Å². The summed E-state index contributed by atoms with van der Waals surface area (Å²) in [5, 5.41) is 10.9. The number of thiophene rings is 1. The van der Waals surface area contributed by atoms with E-state index < -0.39 is 5.60 Å². The van der Waals surface area contributed by atoms with Crippen molar-refractivity contribution >= 4 is 17.4 Å². The summed E-state index contributed by atoms with van der Waals surface area (Å²) in [6.45, 7) is 7.84. The van der Waals surface area contributed by atoms with Crippen molar-refractivity contribution in [1.82, 2.24) is 10.6 Å². The maximum absolute atomic E-state index is 11.8. The lowest BCUT2D eigenvalue weighted by atomic mass is 10.1. The van der Waals surface area contributed by atoms with Crippen LogP contribution in [-0.2, 0) is 4.74 Å². The summed E-state index contributed by atoms with van der Waals surface area (Å²) >= 11 is 1.73. The molecule has 0 spiro atoms. The van der Waals surface area contributed by atoms with E-state index in [0.29, 0.717) is 12.1 Å². The fourth-order valence-electron chi connectivity index (χ4n) is 2.71. The van der Waals surface area contributed by atoms with Gasteiger partial charge in [-0.05, 0) is 69.3 Å². The molecule has 0 bridgehead atoms. The third-order valence-corrected chi connectivity index (χ3v) is 4.38. The lowest BCUT2D eigenvalue weighted by molar-refractivity contribution is 0.0505. The van der Waals surface area contributed by atoms with E-state index >= 15 is 0 Å². The molecule has 1 saturated carbocycles. The van der Waals surface area contributed by atoms with Crippen molar-refractivity contribution in [2.75, 3.05) is 0 Å². The Kier molecular flexibility index (Phi) is 5.27. The molecule has 2 rings (SSSR count). The van der Waals surface area contributed by atoms with Crippen LogP contribution in [-0.4, -0.2) is 23.8 Å². The molecule has 5 heteroatoms. The Labute approximate surface area is 131 Å². The summed E-state index contributed by atoms with van der Waals surface area (Å²) < 4.78 is 5.31. The summed E-state index contributed by atoms with van der Waals surface area (Å²) in [6, 6.07) is 3.20. The van der Waals surface area contributed by atoms with Gasteiger partial charge in [0.25, 0.3) is 0 Å². The zero-order chi connectivity index (χ0) is 15.5. The predicted molar refractivity (Wildman–Crippen MR) is 86.7 cm³/mol. The highest BCUT2D eigenvalue weighted by Gasteiger charge is 2.28. The highest BCUT2D eigenvalue weighted by Crippen LogP contribution is 2.24. The van der Waals surface area contributed by atoms with Gasteiger partial charge in [0, 0.05) is 18.1 Å². The molecule has 1 aliphatic rings. The van der Waals surface area contributed by atoms with E-state index in [-0.39, 0.29) is 12.1 Å². The Hall–Kier alpha value is -1.07. The van der Waals surface area contributed by atoms with Gasteiger partial charge in [0.05, 0.1) is 0 Å². The van der Waals surface area contributed by atoms with Crippen LogP contribution in [0.25, 0.3) is 0 Å². The summed E-state index contributed by atoms with van der Waals surface area (Å²) in [6.07, 6.45) is 2.76. The van der Waals surface area contributed by atoms with Gasteiger partial charge in [0.1, 0.15) is 5.60 Å². The van der Waals surface area contributed by atoms with E-state index in [4.69, 9.17) is 4.74 Å². The molecule has 2 N–H and O–H groups in total. The lowest BCUT2D eigenvalue weighted by Gasteiger charge is -2.22. The molecule has 1 heterocycles. The smallest absolute Gasteiger partial charge is 0.407 e. The molecular formula is C16H26N2O2S. The fourth-order valence-corrected chi connectivity index (χ4v) is 3.46.